The van der Waals surface area contributed by atoms with Crippen LogP contribution in [-0.4, -0.2) is 23.4 Å². The third-order valence-electron chi connectivity index (χ3n) is 3.75. The van der Waals surface area contributed by atoms with E-state index < -0.39 is 0 Å². The maximum atomic E-state index is 12.2. The third-order valence-corrected chi connectivity index (χ3v) is 4.88. The maximum absolute atomic E-state index is 12.2. The van der Waals surface area contributed by atoms with Gasteiger partial charge in [0.1, 0.15) is 0 Å². The van der Waals surface area contributed by atoms with Crippen molar-refractivity contribution in [1.82, 2.24) is 10.2 Å². The molecule has 1 N–H and O–H groups in total. The molecule has 0 bridgehead atoms. The number of thiophene rings is 1. The molecule has 0 atom stereocenters. The summed E-state index contributed by atoms with van der Waals surface area (Å²) in [5.74, 6) is 0.0919. The molecule has 22 heavy (non-hydrogen) atoms. The molecule has 3 rings (SSSR count). The Hall–Kier alpha value is -1.36. The summed E-state index contributed by atoms with van der Waals surface area (Å²) in [5.41, 5.74) is 1.20. The summed E-state index contributed by atoms with van der Waals surface area (Å²) >= 11 is 7.59. The van der Waals surface area contributed by atoms with Crippen LogP contribution in [-0.2, 0) is 17.9 Å². The molecular weight excluding hydrogens is 316 g/mol. The van der Waals surface area contributed by atoms with Crippen molar-refractivity contribution >= 4 is 28.8 Å². The van der Waals surface area contributed by atoms with E-state index in [9.17, 15) is 4.79 Å². The van der Waals surface area contributed by atoms with Gasteiger partial charge in [-0.1, -0.05) is 29.8 Å². The zero-order valence-electron chi connectivity index (χ0n) is 12.3. The smallest absolute Gasteiger partial charge is 0.234 e. The Morgan fingerprint density at radius 3 is 2.68 bits per heavy atom. The lowest BCUT2D eigenvalue weighted by Crippen LogP contribution is -2.37. The van der Waals surface area contributed by atoms with E-state index in [1.54, 1.807) is 11.3 Å². The van der Waals surface area contributed by atoms with Gasteiger partial charge < -0.3 is 5.32 Å². The summed E-state index contributed by atoms with van der Waals surface area (Å²) in [4.78, 5) is 15.6. The van der Waals surface area contributed by atoms with Crippen LogP contribution in [0.3, 0.4) is 0 Å². The molecule has 1 aliphatic carbocycles. The largest absolute Gasteiger partial charge is 0.350 e. The van der Waals surface area contributed by atoms with Crippen molar-refractivity contribution in [3.05, 3.63) is 57.2 Å². The average Bonchev–Trinajstić information content (AvgIpc) is 3.23. The molecule has 1 aromatic carbocycles. The van der Waals surface area contributed by atoms with Crippen molar-refractivity contribution in [3.8, 4) is 0 Å². The van der Waals surface area contributed by atoms with Crippen molar-refractivity contribution in [3.63, 3.8) is 0 Å². The summed E-state index contributed by atoms with van der Waals surface area (Å²) in [5, 5.41) is 5.77. The van der Waals surface area contributed by atoms with Crippen molar-refractivity contribution in [2.75, 3.05) is 6.54 Å². The third kappa shape index (κ3) is 4.57. The van der Waals surface area contributed by atoms with Gasteiger partial charge in [0.2, 0.25) is 5.91 Å². The second-order valence-corrected chi connectivity index (χ2v) is 7.09. The topological polar surface area (TPSA) is 32.3 Å². The number of nitrogens with zero attached hydrogens (tertiary/aromatic N) is 1. The lowest BCUT2D eigenvalue weighted by Gasteiger charge is -2.21. The molecule has 0 aliphatic heterocycles. The molecule has 1 aromatic heterocycles. The van der Waals surface area contributed by atoms with E-state index in [1.807, 2.05) is 41.8 Å². The normalized spacial score (nSPS) is 14.3. The Kier molecular flexibility index (Phi) is 5.13. The maximum Gasteiger partial charge on any atom is 0.234 e. The second-order valence-electron chi connectivity index (χ2n) is 5.62. The summed E-state index contributed by atoms with van der Waals surface area (Å²) in [6.45, 7) is 1.88. The fraction of sp³-hybridized carbons (Fsp3) is 0.353. The van der Waals surface area contributed by atoms with Crippen molar-refractivity contribution in [2.45, 2.75) is 32.0 Å². The fourth-order valence-electron chi connectivity index (χ4n) is 2.42. The van der Waals surface area contributed by atoms with Crippen LogP contribution in [0.4, 0.5) is 0 Å². The average molecular weight is 335 g/mol. The molecule has 1 saturated carbocycles. The number of hydrogen-bond acceptors (Lipinski definition) is 3. The van der Waals surface area contributed by atoms with Crippen LogP contribution >= 0.6 is 22.9 Å². The number of rotatable bonds is 7. The molecule has 3 nitrogen and oxygen atoms in total. The lowest BCUT2D eigenvalue weighted by atomic mass is 10.2. The molecule has 5 heteroatoms. The number of hydrogen-bond donors (Lipinski definition) is 1. The van der Waals surface area contributed by atoms with Gasteiger partial charge in [0, 0.05) is 22.5 Å². The standard InChI is InChI=1S/C17H19ClN2OS/c18-14-5-3-13(4-6-14)11-20(15-7-8-15)12-17(21)19-10-16-2-1-9-22-16/h1-6,9,15H,7-8,10-12H2,(H,19,21). The molecule has 0 unspecified atom stereocenters. The van der Waals surface area contributed by atoms with Crippen LogP contribution in [0.5, 0.6) is 0 Å². The van der Waals surface area contributed by atoms with Gasteiger partial charge in [-0.15, -0.1) is 11.3 Å². The minimum Gasteiger partial charge on any atom is -0.350 e. The van der Waals surface area contributed by atoms with Crippen molar-refractivity contribution in [2.24, 2.45) is 0 Å². The number of benzene rings is 1. The van der Waals surface area contributed by atoms with Crippen LogP contribution in [0.1, 0.15) is 23.3 Å². The lowest BCUT2D eigenvalue weighted by molar-refractivity contribution is -0.122. The molecule has 1 fully saturated rings. The van der Waals surface area contributed by atoms with E-state index in [0.717, 1.165) is 11.6 Å². The van der Waals surface area contributed by atoms with Gasteiger partial charge >= 0.3 is 0 Å². The van der Waals surface area contributed by atoms with Crippen molar-refractivity contribution in [1.29, 1.82) is 0 Å². The SMILES string of the molecule is O=C(CN(Cc1ccc(Cl)cc1)C1CC1)NCc1cccs1. The second kappa shape index (κ2) is 7.27. The summed E-state index contributed by atoms with van der Waals surface area (Å²) in [6.07, 6.45) is 2.37. The van der Waals surface area contributed by atoms with Gasteiger partial charge in [-0.05, 0) is 42.0 Å². The van der Waals surface area contributed by atoms with Gasteiger partial charge in [-0.25, -0.2) is 0 Å². The predicted octanol–water partition coefficient (Wildman–Crippen LogP) is 3.68. The molecule has 116 valence electrons. The first-order chi connectivity index (χ1) is 10.7. The Morgan fingerprint density at radius 1 is 1.27 bits per heavy atom. The predicted molar refractivity (Wildman–Crippen MR) is 91.0 cm³/mol. The Balaban J connectivity index is 1.52. The monoisotopic (exact) mass is 334 g/mol. The van der Waals surface area contributed by atoms with E-state index in [4.69, 9.17) is 11.6 Å². The van der Waals surface area contributed by atoms with Crippen LogP contribution < -0.4 is 5.32 Å². The molecule has 0 spiro atoms. The number of halogens is 1. The van der Waals surface area contributed by atoms with E-state index in [-0.39, 0.29) is 5.91 Å². The van der Waals surface area contributed by atoms with Gasteiger partial charge in [-0.3, -0.25) is 9.69 Å². The molecule has 0 radical (unpaired) electrons. The van der Waals surface area contributed by atoms with E-state index in [0.29, 0.717) is 19.1 Å². The summed E-state index contributed by atoms with van der Waals surface area (Å²) < 4.78 is 0. The summed E-state index contributed by atoms with van der Waals surface area (Å²) in [7, 11) is 0. The molecule has 1 heterocycles. The molecule has 1 amide bonds. The molecule has 1 aliphatic rings. The summed E-state index contributed by atoms with van der Waals surface area (Å²) in [6, 6.07) is 12.4. The Bertz CT molecular complexity index is 608. The number of carbonyl (C=O) groups excluding carboxylic acids is 1. The zero-order chi connectivity index (χ0) is 15.4. The highest BCUT2D eigenvalue weighted by Crippen LogP contribution is 2.28. The van der Waals surface area contributed by atoms with Crippen molar-refractivity contribution < 1.29 is 4.79 Å². The highest BCUT2D eigenvalue weighted by molar-refractivity contribution is 7.09. The van der Waals surface area contributed by atoms with E-state index in [1.165, 1.54) is 23.3 Å². The van der Waals surface area contributed by atoms with E-state index in [2.05, 4.69) is 10.2 Å². The Labute approximate surface area is 139 Å². The van der Waals surface area contributed by atoms with Gasteiger partial charge in [0.05, 0.1) is 13.1 Å². The molecule has 0 saturated heterocycles. The highest BCUT2D eigenvalue weighted by Gasteiger charge is 2.30. The van der Waals surface area contributed by atoms with Crippen LogP contribution in [0, 0.1) is 0 Å². The minimum absolute atomic E-state index is 0.0919. The first-order valence-electron chi connectivity index (χ1n) is 7.48. The fourth-order valence-corrected chi connectivity index (χ4v) is 3.19. The van der Waals surface area contributed by atoms with Gasteiger partial charge in [-0.2, -0.15) is 0 Å². The van der Waals surface area contributed by atoms with Crippen LogP contribution in [0.15, 0.2) is 41.8 Å². The quantitative estimate of drug-likeness (QED) is 0.837. The molecule has 2 aromatic rings. The zero-order valence-corrected chi connectivity index (χ0v) is 13.9. The minimum atomic E-state index is 0.0919. The number of nitrogens with one attached hydrogen (secondary N) is 1. The number of carbonyl (C=O) groups is 1. The highest BCUT2D eigenvalue weighted by atomic mass is 35.5. The first-order valence-corrected chi connectivity index (χ1v) is 8.74. The van der Waals surface area contributed by atoms with Crippen LogP contribution in [0.2, 0.25) is 5.02 Å². The Morgan fingerprint density at radius 2 is 2.05 bits per heavy atom. The van der Waals surface area contributed by atoms with Gasteiger partial charge in [0.25, 0.3) is 0 Å². The molecular formula is C17H19ClN2OS. The van der Waals surface area contributed by atoms with Crippen LogP contribution in [0.25, 0.3) is 0 Å². The van der Waals surface area contributed by atoms with Gasteiger partial charge in [0.15, 0.2) is 0 Å². The first kappa shape index (κ1) is 15.5. The number of amides is 1. The van der Waals surface area contributed by atoms with E-state index >= 15 is 0 Å².